The zero-order valence-corrected chi connectivity index (χ0v) is 22.4. The van der Waals surface area contributed by atoms with Gasteiger partial charge in [-0.25, -0.2) is 0 Å². The third kappa shape index (κ3) is 7.66. The van der Waals surface area contributed by atoms with Gasteiger partial charge in [0.05, 0.1) is 7.11 Å². The summed E-state index contributed by atoms with van der Waals surface area (Å²) in [4.78, 5) is 15.8. The number of hydrogen-bond acceptors (Lipinski definition) is 7. The predicted molar refractivity (Wildman–Crippen MR) is 154 cm³/mol. The van der Waals surface area contributed by atoms with Crippen LogP contribution in [-0.4, -0.2) is 61.5 Å². The van der Waals surface area contributed by atoms with E-state index in [-0.39, 0.29) is 11.7 Å². The minimum Gasteiger partial charge on any atom is -0.493 e. The van der Waals surface area contributed by atoms with Crippen LogP contribution in [0.2, 0.25) is 0 Å². The van der Waals surface area contributed by atoms with Crippen molar-refractivity contribution >= 4 is 29.2 Å². The van der Waals surface area contributed by atoms with Crippen LogP contribution in [0.3, 0.4) is 0 Å². The lowest BCUT2D eigenvalue weighted by Gasteiger charge is -2.26. The number of anilines is 1. The maximum Gasteiger partial charge on any atom is 0.247 e. The molecular weight excluding hydrogens is 498 g/mol. The van der Waals surface area contributed by atoms with Crippen molar-refractivity contribution in [1.82, 2.24) is 10.2 Å². The second kappa shape index (κ2) is 13.7. The Morgan fingerprint density at radius 1 is 1.05 bits per heavy atom. The van der Waals surface area contributed by atoms with E-state index in [1.165, 1.54) is 0 Å². The maximum absolute atomic E-state index is 13.4. The van der Waals surface area contributed by atoms with Crippen molar-refractivity contribution in [3.63, 3.8) is 0 Å². The van der Waals surface area contributed by atoms with Crippen LogP contribution in [0.25, 0.3) is 0 Å². The van der Waals surface area contributed by atoms with Crippen molar-refractivity contribution in [2.45, 2.75) is 12.6 Å². The number of carbonyl (C=O) groups is 1. The van der Waals surface area contributed by atoms with Crippen molar-refractivity contribution in [3.05, 3.63) is 89.5 Å². The first-order valence-electron chi connectivity index (χ1n) is 12.7. The summed E-state index contributed by atoms with van der Waals surface area (Å²) >= 11 is 1.99. The minimum atomic E-state index is -0.685. The fourth-order valence-electron chi connectivity index (χ4n) is 4.19. The topological polar surface area (TPSA) is 113 Å². The van der Waals surface area contributed by atoms with Crippen LogP contribution in [0.1, 0.15) is 22.7 Å². The third-order valence-corrected chi connectivity index (χ3v) is 7.31. The first-order chi connectivity index (χ1) is 18.5. The largest absolute Gasteiger partial charge is 0.493 e. The van der Waals surface area contributed by atoms with E-state index in [1.54, 1.807) is 19.2 Å². The number of amides is 1. The second-order valence-corrected chi connectivity index (χ2v) is 10.2. The standard InChI is InChI=1S/C29H35N5O3S/c1-36-26-19-23(9-12-25(26)37-16-13-34-14-17-38-18-15-34)27(29(35)32-20-21-5-3-2-4-6-21)33-24-10-7-22(8-11-24)28(30)31/h2-12,19,27,33H,13-18,20H2,1H3,(H3,30,31)(H,32,35). The molecule has 0 radical (unpaired) electrons. The Labute approximate surface area is 228 Å². The van der Waals surface area contributed by atoms with Crippen LogP contribution in [0.5, 0.6) is 11.5 Å². The number of methoxy groups -OCH3 is 1. The van der Waals surface area contributed by atoms with Crippen LogP contribution in [-0.2, 0) is 11.3 Å². The Morgan fingerprint density at radius 3 is 2.47 bits per heavy atom. The number of nitrogen functional groups attached to an aromatic ring is 1. The quantitative estimate of drug-likeness (QED) is 0.206. The lowest BCUT2D eigenvalue weighted by molar-refractivity contribution is -0.122. The maximum atomic E-state index is 13.4. The number of amidine groups is 1. The molecule has 1 aliphatic heterocycles. The summed E-state index contributed by atoms with van der Waals surface area (Å²) in [6, 6.07) is 21.8. The molecular formula is C29H35N5O3S. The summed E-state index contributed by atoms with van der Waals surface area (Å²) in [5.41, 5.74) is 8.69. The van der Waals surface area contributed by atoms with Crippen molar-refractivity contribution in [3.8, 4) is 11.5 Å². The van der Waals surface area contributed by atoms with E-state index < -0.39 is 6.04 Å². The van der Waals surface area contributed by atoms with E-state index in [0.29, 0.717) is 30.2 Å². The molecule has 1 fully saturated rings. The first kappa shape index (κ1) is 27.3. The highest BCUT2D eigenvalue weighted by Crippen LogP contribution is 2.32. The molecule has 4 rings (SSSR count). The number of carbonyl (C=O) groups excluding carboxylic acids is 1. The smallest absolute Gasteiger partial charge is 0.247 e. The van der Waals surface area contributed by atoms with Gasteiger partial charge in [0.15, 0.2) is 11.5 Å². The number of hydrogen-bond donors (Lipinski definition) is 4. The zero-order valence-electron chi connectivity index (χ0n) is 21.6. The number of nitrogens with two attached hydrogens (primary N) is 1. The molecule has 3 aromatic rings. The number of ether oxygens (including phenoxy) is 2. The summed E-state index contributed by atoms with van der Waals surface area (Å²) in [6.07, 6.45) is 0. The van der Waals surface area contributed by atoms with Gasteiger partial charge in [-0.3, -0.25) is 15.1 Å². The van der Waals surface area contributed by atoms with Gasteiger partial charge in [-0.15, -0.1) is 0 Å². The molecule has 1 atom stereocenters. The minimum absolute atomic E-state index is 0.00629. The molecule has 38 heavy (non-hydrogen) atoms. The summed E-state index contributed by atoms with van der Waals surface area (Å²) < 4.78 is 11.7. The number of nitrogens with zero attached hydrogens (tertiary/aromatic N) is 1. The summed E-state index contributed by atoms with van der Waals surface area (Å²) in [7, 11) is 1.60. The Kier molecular flexibility index (Phi) is 9.89. The van der Waals surface area contributed by atoms with Gasteiger partial charge in [0.1, 0.15) is 18.5 Å². The monoisotopic (exact) mass is 533 g/mol. The van der Waals surface area contributed by atoms with E-state index in [9.17, 15) is 4.79 Å². The summed E-state index contributed by atoms with van der Waals surface area (Å²) in [6.45, 7) is 4.02. The third-order valence-electron chi connectivity index (χ3n) is 6.37. The molecule has 1 heterocycles. The van der Waals surface area contributed by atoms with E-state index in [4.69, 9.17) is 20.6 Å². The Morgan fingerprint density at radius 2 is 1.79 bits per heavy atom. The molecule has 0 spiro atoms. The van der Waals surface area contributed by atoms with Gasteiger partial charge < -0.3 is 25.8 Å². The molecule has 8 nitrogen and oxygen atoms in total. The van der Waals surface area contributed by atoms with Gasteiger partial charge in [0, 0.05) is 48.9 Å². The molecule has 9 heteroatoms. The van der Waals surface area contributed by atoms with Gasteiger partial charge in [0.25, 0.3) is 0 Å². The molecule has 1 saturated heterocycles. The molecule has 0 bridgehead atoms. The van der Waals surface area contributed by atoms with E-state index >= 15 is 0 Å². The van der Waals surface area contributed by atoms with Crippen LogP contribution in [0.15, 0.2) is 72.8 Å². The molecule has 1 aliphatic rings. The average molecular weight is 534 g/mol. The Hall–Kier alpha value is -3.69. The van der Waals surface area contributed by atoms with E-state index in [2.05, 4.69) is 15.5 Å². The van der Waals surface area contributed by atoms with Crippen LogP contribution < -0.4 is 25.8 Å². The fourth-order valence-corrected chi connectivity index (χ4v) is 5.17. The molecule has 1 amide bonds. The lowest BCUT2D eigenvalue weighted by atomic mass is 10.0. The highest BCUT2D eigenvalue weighted by molar-refractivity contribution is 7.99. The molecule has 200 valence electrons. The van der Waals surface area contributed by atoms with Crippen molar-refractivity contribution < 1.29 is 14.3 Å². The van der Waals surface area contributed by atoms with Gasteiger partial charge >= 0.3 is 0 Å². The second-order valence-electron chi connectivity index (χ2n) is 8.98. The van der Waals surface area contributed by atoms with Crippen molar-refractivity contribution in [2.24, 2.45) is 5.73 Å². The molecule has 5 N–H and O–H groups in total. The number of thioether (sulfide) groups is 1. The number of nitrogens with one attached hydrogen (secondary N) is 3. The predicted octanol–water partition coefficient (Wildman–Crippen LogP) is 3.88. The first-order valence-corrected chi connectivity index (χ1v) is 13.8. The molecule has 0 saturated carbocycles. The van der Waals surface area contributed by atoms with Crippen LogP contribution >= 0.6 is 11.8 Å². The molecule has 0 aliphatic carbocycles. The highest BCUT2D eigenvalue weighted by Gasteiger charge is 2.22. The summed E-state index contributed by atoms with van der Waals surface area (Å²) in [5, 5.41) is 14.0. The van der Waals surface area contributed by atoms with Crippen LogP contribution in [0, 0.1) is 5.41 Å². The van der Waals surface area contributed by atoms with Gasteiger partial charge in [-0.2, -0.15) is 11.8 Å². The SMILES string of the molecule is COc1cc(C(Nc2ccc(C(=N)N)cc2)C(=O)NCc2ccccc2)ccc1OCCN1CCSCC1. The highest BCUT2D eigenvalue weighted by atomic mass is 32.2. The Balaban J connectivity index is 1.50. The van der Waals surface area contributed by atoms with E-state index in [0.717, 1.165) is 48.0 Å². The summed E-state index contributed by atoms with van der Waals surface area (Å²) in [5.74, 6) is 3.37. The molecule has 1 unspecified atom stereocenters. The van der Waals surface area contributed by atoms with Gasteiger partial charge in [-0.05, 0) is 47.5 Å². The van der Waals surface area contributed by atoms with Gasteiger partial charge in [-0.1, -0.05) is 36.4 Å². The number of rotatable bonds is 12. The van der Waals surface area contributed by atoms with Crippen LogP contribution in [0.4, 0.5) is 5.69 Å². The van der Waals surface area contributed by atoms with E-state index in [1.807, 2.05) is 72.4 Å². The fraction of sp³-hybridized carbons (Fsp3) is 0.310. The van der Waals surface area contributed by atoms with Crippen molar-refractivity contribution in [2.75, 3.05) is 50.2 Å². The average Bonchev–Trinajstić information content (AvgIpc) is 2.96. The molecule has 0 aromatic heterocycles. The molecule has 3 aromatic carbocycles. The van der Waals surface area contributed by atoms with Gasteiger partial charge in [0.2, 0.25) is 5.91 Å². The lowest BCUT2D eigenvalue weighted by Crippen LogP contribution is -2.35. The normalized spacial score (nSPS) is 14.3. The van der Waals surface area contributed by atoms with Crippen molar-refractivity contribution in [1.29, 1.82) is 5.41 Å². The Bertz CT molecular complexity index is 1200. The zero-order chi connectivity index (χ0) is 26.7. The number of benzene rings is 3.